The van der Waals surface area contributed by atoms with Gasteiger partial charge in [-0.3, -0.25) is 9.52 Å². The van der Waals surface area contributed by atoms with Crippen molar-refractivity contribution < 1.29 is 13.2 Å². The molecule has 0 unspecified atom stereocenters. The summed E-state index contributed by atoms with van der Waals surface area (Å²) in [7, 11) is -3.90. The third-order valence-corrected chi connectivity index (χ3v) is 5.77. The maximum atomic E-state index is 12.9. The number of anilines is 2. The van der Waals surface area contributed by atoms with Crippen LogP contribution >= 0.6 is 23.2 Å². The van der Waals surface area contributed by atoms with E-state index in [9.17, 15) is 13.2 Å². The fourth-order valence-corrected chi connectivity index (χ4v) is 4.69. The third kappa shape index (κ3) is 2.72. The van der Waals surface area contributed by atoms with Crippen molar-refractivity contribution >= 4 is 61.3 Å². The van der Waals surface area contributed by atoms with Crippen molar-refractivity contribution in [2.75, 3.05) is 10.0 Å². The molecule has 1 heterocycles. The normalized spacial score (nSPS) is 13.1. The van der Waals surface area contributed by atoms with Crippen LogP contribution in [-0.2, 0) is 10.0 Å². The van der Waals surface area contributed by atoms with Crippen molar-refractivity contribution in [3.05, 3.63) is 64.1 Å². The topological polar surface area (TPSA) is 75.3 Å². The Bertz CT molecular complexity index is 1140. The van der Waals surface area contributed by atoms with E-state index in [1.54, 1.807) is 24.3 Å². The van der Waals surface area contributed by atoms with Crippen LogP contribution in [0.25, 0.3) is 10.8 Å². The molecule has 0 aromatic heterocycles. The smallest absolute Gasteiger partial charge is 0.262 e. The highest BCUT2D eigenvalue weighted by molar-refractivity contribution is 7.93. The zero-order valence-corrected chi connectivity index (χ0v) is 14.8. The van der Waals surface area contributed by atoms with Crippen LogP contribution in [0.1, 0.15) is 10.4 Å². The molecule has 0 fully saturated rings. The van der Waals surface area contributed by atoms with E-state index in [1.807, 2.05) is 0 Å². The van der Waals surface area contributed by atoms with Gasteiger partial charge in [0.05, 0.1) is 10.6 Å². The van der Waals surface area contributed by atoms with Gasteiger partial charge in [0.1, 0.15) is 0 Å². The summed E-state index contributed by atoms with van der Waals surface area (Å²) >= 11 is 11.8. The molecule has 1 aliphatic rings. The van der Waals surface area contributed by atoms with Crippen molar-refractivity contribution in [2.24, 2.45) is 0 Å². The van der Waals surface area contributed by atoms with Crippen LogP contribution < -0.4 is 10.0 Å². The Morgan fingerprint density at radius 2 is 1.68 bits per heavy atom. The summed E-state index contributed by atoms with van der Waals surface area (Å²) in [5.74, 6) is -0.246. The van der Waals surface area contributed by atoms with E-state index in [4.69, 9.17) is 23.2 Å². The molecule has 1 amide bonds. The van der Waals surface area contributed by atoms with Gasteiger partial charge in [0.25, 0.3) is 15.9 Å². The van der Waals surface area contributed by atoms with Crippen LogP contribution in [0.4, 0.5) is 11.4 Å². The lowest BCUT2D eigenvalue weighted by atomic mass is 10.1. The van der Waals surface area contributed by atoms with Gasteiger partial charge >= 0.3 is 0 Å². The molecule has 0 saturated carbocycles. The van der Waals surface area contributed by atoms with Gasteiger partial charge in [-0.25, -0.2) is 8.42 Å². The van der Waals surface area contributed by atoms with Gasteiger partial charge in [0, 0.05) is 32.1 Å². The lowest BCUT2D eigenvalue weighted by Crippen LogP contribution is -2.13. The van der Waals surface area contributed by atoms with Crippen molar-refractivity contribution in [2.45, 2.75) is 4.90 Å². The van der Waals surface area contributed by atoms with Gasteiger partial charge < -0.3 is 5.32 Å². The number of halogens is 2. The maximum absolute atomic E-state index is 12.9. The SMILES string of the molecule is O=C1Nc2ccc(S(=O)(=O)Nc3cc(Cl)cc(Cl)c3)c3cccc1c23. The lowest BCUT2D eigenvalue weighted by Gasteiger charge is -2.12. The molecule has 25 heavy (non-hydrogen) atoms. The lowest BCUT2D eigenvalue weighted by molar-refractivity contribution is 0.103. The predicted octanol–water partition coefficient (Wildman–Crippen LogP) is 4.51. The number of amides is 1. The summed E-state index contributed by atoms with van der Waals surface area (Å²) in [5, 5.41) is 4.43. The number of rotatable bonds is 3. The molecule has 5 nitrogen and oxygen atoms in total. The minimum atomic E-state index is -3.90. The minimum absolute atomic E-state index is 0.0701. The second kappa shape index (κ2) is 5.62. The van der Waals surface area contributed by atoms with E-state index in [0.717, 1.165) is 0 Å². The van der Waals surface area contributed by atoms with Gasteiger partial charge in [0.15, 0.2) is 0 Å². The molecule has 0 saturated heterocycles. The van der Waals surface area contributed by atoms with Crippen LogP contribution in [0, 0.1) is 0 Å². The highest BCUT2D eigenvalue weighted by atomic mass is 35.5. The van der Waals surface area contributed by atoms with Crippen molar-refractivity contribution in [3.63, 3.8) is 0 Å². The van der Waals surface area contributed by atoms with E-state index in [-0.39, 0.29) is 16.5 Å². The molecule has 8 heteroatoms. The number of sulfonamides is 1. The summed E-state index contributed by atoms with van der Waals surface area (Å²) < 4.78 is 28.2. The maximum Gasteiger partial charge on any atom is 0.262 e. The van der Waals surface area contributed by atoms with Crippen molar-refractivity contribution in [1.29, 1.82) is 0 Å². The van der Waals surface area contributed by atoms with Crippen LogP contribution in [0.15, 0.2) is 53.4 Å². The first kappa shape index (κ1) is 16.2. The van der Waals surface area contributed by atoms with E-state index < -0.39 is 10.0 Å². The second-order valence-corrected chi connectivity index (χ2v) is 8.08. The molecule has 3 aromatic rings. The molecule has 2 N–H and O–H groups in total. The first-order valence-corrected chi connectivity index (χ1v) is 9.45. The van der Waals surface area contributed by atoms with E-state index in [0.29, 0.717) is 32.1 Å². The largest absolute Gasteiger partial charge is 0.321 e. The summed E-state index contributed by atoms with van der Waals surface area (Å²) in [4.78, 5) is 12.0. The summed E-state index contributed by atoms with van der Waals surface area (Å²) in [6.45, 7) is 0. The van der Waals surface area contributed by atoms with Crippen LogP contribution in [-0.4, -0.2) is 14.3 Å². The summed E-state index contributed by atoms with van der Waals surface area (Å²) in [5.41, 5.74) is 1.31. The zero-order valence-electron chi connectivity index (χ0n) is 12.5. The molecule has 0 bridgehead atoms. The number of hydrogen-bond donors (Lipinski definition) is 2. The highest BCUT2D eigenvalue weighted by Crippen LogP contribution is 2.37. The Labute approximate surface area is 153 Å². The van der Waals surface area contributed by atoms with Gasteiger partial charge in [-0.05, 0) is 36.4 Å². The monoisotopic (exact) mass is 392 g/mol. The first-order chi connectivity index (χ1) is 11.8. The predicted molar refractivity (Wildman–Crippen MR) is 99.2 cm³/mol. The Morgan fingerprint density at radius 1 is 0.960 bits per heavy atom. The summed E-state index contributed by atoms with van der Waals surface area (Å²) in [6.07, 6.45) is 0. The number of benzene rings is 3. The molecular formula is C17H10Cl2N2O3S. The molecule has 0 radical (unpaired) electrons. The number of hydrogen-bond acceptors (Lipinski definition) is 3. The van der Waals surface area contributed by atoms with Crippen LogP contribution in [0.5, 0.6) is 0 Å². The highest BCUT2D eigenvalue weighted by Gasteiger charge is 2.26. The minimum Gasteiger partial charge on any atom is -0.321 e. The third-order valence-electron chi connectivity index (χ3n) is 3.90. The molecule has 0 atom stereocenters. The van der Waals surface area contributed by atoms with E-state index in [2.05, 4.69) is 10.0 Å². The first-order valence-electron chi connectivity index (χ1n) is 7.21. The average molecular weight is 393 g/mol. The number of nitrogens with one attached hydrogen (secondary N) is 2. The Hall–Kier alpha value is -2.28. The van der Waals surface area contributed by atoms with Gasteiger partial charge in [0.2, 0.25) is 0 Å². The van der Waals surface area contributed by atoms with Crippen molar-refractivity contribution in [3.8, 4) is 0 Å². The standard InChI is InChI=1S/C17H10Cl2N2O3S/c18-9-6-10(19)8-11(7-9)21-25(23,24)15-5-4-14-16-12(15)2-1-3-13(16)17(22)20-14/h1-8,21H,(H,20,22). The molecular weight excluding hydrogens is 383 g/mol. The second-order valence-electron chi connectivity index (χ2n) is 5.56. The van der Waals surface area contributed by atoms with Gasteiger partial charge in [-0.2, -0.15) is 0 Å². The molecule has 4 rings (SSSR count). The summed E-state index contributed by atoms with van der Waals surface area (Å²) in [6, 6.07) is 12.5. The molecule has 3 aromatic carbocycles. The van der Waals surface area contributed by atoms with Crippen molar-refractivity contribution in [1.82, 2.24) is 0 Å². The number of carbonyl (C=O) groups excluding carboxylic acids is 1. The fourth-order valence-electron chi connectivity index (χ4n) is 2.92. The molecule has 0 aliphatic carbocycles. The fraction of sp³-hybridized carbons (Fsp3) is 0. The number of carbonyl (C=O) groups is 1. The van der Waals surface area contributed by atoms with Gasteiger partial charge in [-0.1, -0.05) is 35.3 Å². The zero-order chi connectivity index (χ0) is 17.8. The van der Waals surface area contributed by atoms with E-state index in [1.165, 1.54) is 24.3 Å². The average Bonchev–Trinajstić information content (AvgIpc) is 2.84. The molecule has 126 valence electrons. The van der Waals surface area contributed by atoms with Crippen LogP contribution in [0.3, 0.4) is 0 Å². The Kier molecular flexibility index (Phi) is 3.64. The quantitative estimate of drug-likeness (QED) is 0.688. The molecule has 1 aliphatic heterocycles. The van der Waals surface area contributed by atoms with E-state index >= 15 is 0 Å². The van der Waals surface area contributed by atoms with Gasteiger partial charge in [-0.15, -0.1) is 0 Å². The Morgan fingerprint density at radius 3 is 2.40 bits per heavy atom. The van der Waals surface area contributed by atoms with Crippen LogP contribution in [0.2, 0.25) is 10.0 Å². The Balaban J connectivity index is 1.87. The molecule has 0 spiro atoms.